The Hall–Kier alpha value is -0.390. The normalized spacial score (nSPS) is 24.9. The highest BCUT2D eigenvalue weighted by atomic mass is 35.5. The van der Waals surface area contributed by atoms with Gasteiger partial charge in [0.25, 0.3) is 0 Å². The van der Waals surface area contributed by atoms with Gasteiger partial charge in [-0.3, -0.25) is 4.40 Å². The predicted octanol–water partition coefficient (Wildman–Crippen LogP) is 3.46. The topological polar surface area (TPSA) is 20.5 Å². The minimum atomic E-state index is 0.514. The molecule has 0 aliphatic carbocycles. The number of aromatic nitrogens is 2. The fourth-order valence-corrected chi connectivity index (χ4v) is 4.85. The largest absolute Gasteiger partial charge is 0.353 e. The van der Waals surface area contributed by atoms with Crippen molar-refractivity contribution in [1.82, 2.24) is 9.38 Å². The van der Waals surface area contributed by atoms with E-state index in [1.807, 2.05) is 0 Å². The minimum Gasteiger partial charge on any atom is -0.353 e. The summed E-state index contributed by atoms with van der Waals surface area (Å²) >= 11 is 9.83. The number of alkyl halides is 1. The van der Waals surface area contributed by atoms with Crippen LogP contribution >= 0.6 is 34.7 Å². The first-order chi connectivity index (χ1) is 8.69. The van der Waals surface area contributed by atoms with Crippen LogP contribution in [0, 0.1) is 0 Å². The van der Waals surface area contributed by atoms with Gasteiger partial charge in [0.2, 0.25) is 0 Å². The molecule has 1 saturated heterocycles. The molecular formula is C12H16ClN3S2. The Kier molecular flexibility index (Phi) is 3.47. The third kappa shape index (κ3) is 2.12. The van der Waals surface area contributed by atoms with E-state index in [2.05, 4.69) is 46.5 Å². The molecule has 0 saturated carbocycles. The Bertz CT molecular complexity index is 541. The molecule has 2 aromatic rings. The minimum absolute atomic E-state index is 0.514. The maximum absolute atomic E-state index is 6.11. The van der Waals surface area contributed by atoms with Gasteiger partial charge in [-0.1, -0.05) is 13.8 Å². The summed E-state index contributed by atoms with van der Waals surface area (Å²) in [6.45, 7) is 6.69. The van der Waals surface area contributed by atoms with Crippen molar-refractivity contribution in [3.63, 3.8) is 0 Å². The molecule has 1 fully saturated rings. The zero-order valence-electron chi connectivity index (χ0n) is 10.5. The highest BCUT2D eigenvalue weighted by Crippen LogP contribution is 2.32. The number of rotatable bonds is 2. The van der Waals surface area contributed by atoms with Gasteiger partial charge in [-0.2, -0.15) is 11.8 Å². The summed E-state index contributed by atoms with van der Waals surface area (Å²) in [4.78, 5) is 8.18. The average molecular weight is 302 g/mol. The van der Waals surface area contributed by atoms with Gasteiger partial charge in [-0.05, 0) is 0 Å². The third-order valence-electron chi connectivity index (χ3n) is 3.19. The van der Waals surface area contributed by atoms with Crippen molar-refractivity contribution >= 4 is 45.5 Å². The second-order valence-corrected chi connectivity index (χ2v) is 7.76. The lowest BCUT2D eigenvalue weighted by Gasteiger charge is -2.35. The Balaban J connectivity index is 1.99. The van der Waals surface area contributed by atoms with Crippen LogP contribution in [0.15, 0.2) is 11.6 Å². The third-order valence-corrected chi connectivity index (χ3v) is 5.42. The van der Waals surface area contributed by atoms with Crippen molar-refractivity contribution in [2.75, 3.05) is 18.0 Å². The zero-order chi connectivity index (χ0) is 12.7. The van der Waals surface area contributed by atoms with Crippen molar-refractivity contribution < 1.29 is 0 Å². The maximum Gasteiger partial charge on any atom is 0.195 e. The molecule has 3 nitrogen and oxygen atoms in total. The van der Waals surface area contributed by atoms with E-state index in [0.29, 0.717) is 16.4 Å². The van der Waals surface area contributed by atoms with Crippen LogP contribution in [0.25, 0.3) is 4.96 Å². The highest BCUT2D eigenvalue weighted by molar-refractivity contribution is 8.00. The number of thioether (sulfide) groups is 1. The maximum atomic E-state index is 6.11. The number of fused-ring (bicyclic) bond motifs is 1. The van der Waals surface area contributed by atoms with Crippen LogP contribution in [-0.4, -0.2) is 33.0 Å². The molecule has 0 aromatic carbocycles. The summed E-state index contributed by atoms with van der Waals surface area (Å²) in [7, 11) is 0. The highest BCUT2D eigenvalue weighted by Gasteiger charge is 2.26. The number of hydrogen-bond acceptors (Lipinski definition) is 4. The Morgan fingerprint density at radius 3 is 2.78 bits per heavy atom. The van der Waals surface area contributed by atoms with Gasteiger partial charge in [-0.25, -0.2) is 4.98 Å². The average Bonchev–Trinajstić information content (AvgIpc) is 2.86. The molecule has 0 spiro atoms. The molecule has 0 N–H and O–H groups in total. The lowest BCUT2D eigenvalue weighted by atomic mass is 10.3. The van der Waals surface area contributed by atoms with Gasteiger partial charge in [-0.15, -0.1) is 22.9 Å². The van der Waals surface area contributed by atoms with E-state index < -0.39 is 0 Å². The van der Waals surface area contributed by atoms with E-state index in [9.17, 15) is 0 Å². The molecule has 3 rings (SSSR count). The second-order valence-electron chi connectivity index (χ2n) is 4.73. The van der Waals surface area contributed by atoms with Crippen LogP contribution < -0.4 is 4.90 Å². The summed E-state index contributed by atoms with van der Waals surface area (Å²) in [5.74, 6) is 1.59. The van der Waals surface area contributed by atoms with Gasteiger partial charge in [0.05, 0.1) is 11.6 Å². The molecule has 1 aliphatic heterocycles. The first-order valence-corrected chi connectivity index (χ1v) is 8.45. The van der Waals surface area contributed by atoms with Gasteiger partial charge >= 0.3 is 0 Å². The molecule has 0 bridgehead atoms. The van der Waals surface area contributed by atoms with Crippen LogP contribution in [0.5, 0.6) is 0 Å². The fraction of sp³-hybridized carbons (Fsp3) is 0.583. The molecule has 2 unspecified atom stereocenters. The van der Waals surface area contributed by atoms with Crippen LogP contribution in [-0.2, 0) is 5.88 Å². The molecular weight excluding hydrogens is 286 g/mol. The number of thiazole rings is 1. The van der Waals surface area contributed by atoms with Crippen molar-refractivity contribution in [3.05, 3.63) is 17.3 Å². The van der Waals surface area contributed by atoms with E-state index in [1.165, 1.54) is 0 Å². The van der Waals surface area contributed by atoms with Crippen LogP contribution in [0.4, 0.5) is 5.82 Å². The Labute approximate surface area is 120 Å². The van der Waals surface area contributed by atoms with Crippen molar-refractivity contribution in [2.45, 2.75) is 30.2 Å². The molecule has 18 heavy (non-hydrogen) atoms. The van der Waals surface area contributed by atoms with Crippen LogP contribution in [0.3, 0.4) is 0 Å². The molecule has 2 aromatic heterocycles. The number of imidazole rings is 1. The van der Waals surface area contributed by atoms with Gasteiger partial charge in [0, 0.05) is 35.2 Å². The predicted molar refractivity (Wildman–Crippen MR) is 81.4 cm³/mol. The van der Waals surface area contributed by atoms with Crippen molar-refractivity contribution in [2.24, 2.45) is 0 Å². The molecule has 98 valence electrons. The summed E-state index contributed by atoms with van der Waals surface area (Å²) in [5, 5.41) is 3.35. The van der Waals surface area contributed by atoms with Gasteiger partial charge in [0.1, 0.15) is 0 Å². The first-order valence-electron chi connectivity index (χ1n) is 6.10. The smallest absolute Gasteiger partial charge is 0.195 e. The van der Waals surface area contributed by atoms with Crippen molar-refractivity contribution in [3.8, 4) is 0 Å². The number of nitrogens with zero attached hydrogens (tertiary/aromatic N) is 3. The SMILES string of the molecule is CC1CN(c2nc3sccn3c2CCl)CC(C)S1. The van der Waals surface area contributed by atoms with Crippen molar-refractivity contribution in [1.29, 1.82) is 0 Å². The number of halogens is 1. The molecule has 6 heteroatoms. The lowest BCUT2D eigenvalue weighted by molar-refractivity contribution is 0.718. The first kappa shape index (κ1) is 12.6. The number of hydrogen-bond donors (Lipinski definition) is 0. The van der Waals surface area contributed by atoms with E-state index >= 15 is 0 Å². The molecule has 0 amide bonds. The summed E-state index contributed by atoms with van der Waals surface area (Å²) in [5.41, 5.74) is 1.12. The Morgan fingerprint density at radius 2 is 2.11 bits per heavy atom. The molecule has 0 radical (unpaired) electrons. The summed E-state index contributed by atoms with van der Waals surface area (Å²) in [6.07, 6.45) is 2.06. The summed E-state index contributed by atoms with van der Waals surface area (Å²) in [6, 6.07) is 0. The lowest BCUT2D eigenvalue weighted by Crippen LogP contribution is -2.41. The molecule has 1 aliphatic rings. The monoisotopic (exact) mass is 301 g/mol. The van der Waals surface area contributed by atoms with Gasteiger partial charge in [0.15, 0.2) is 10.8 Å². The van der Waals surface area contributed by atoms with E-state index in [1.54, 1.807) is 11.3 Å². The number of anilines is 1. The van der Waals surface area contributed by atoms with Gasteiger partial charge < -0.3 is 4.90 Å². The van der Waals surface area contributed by atoms with Crippen LogP contribution in [0.1, 0.15) is 19.5 Å². The molecule has 2 atom stereocenters. The Morgan fingerprint density at radius 1 is 1.39 bits per heavy atom. The van der Waals surface area contributed by atoms with E-state index in [-0.39, 0.29) is 0 Å². The molecule has 3 heterocycles. The zero-order valence-corrected chi connectivity index (χ0v) is 12.9. The fourth-order valence-electron chi connectivity index (χ4n) is 2.55. The van der Waals surface area contributed by atoms with E-state index in [4.69, 9.17) is 16.6 Å². The second kappa shape index (κ2) is 4.94. The quantitative estimate of drug-likeness (QED) is 0.792. The summed E-state index contributed by atoms with van der Waals surface area (Å²) < 4.78 is 2.12. The van der Waals surface area contributed by atoms with Crippen LogP contribution in [0.2, 0.25) is 0 Å². The standard InChI is InChI=1S/C12H16ClN3S2/c1-8-6-15(7-9(2)18-8)11-10(5-13)16-3-4-17-12(16)14-11/h3-4,8-9H,5-7H2,1-2H3. The van der Waals surface area contributed by atoms with E-state index in [0.717, 1.165) is 29.6 Å².